The van der Waals surface area contributed by atoms with E-state index in [1.54, 1.807) is 24.3 Å². The number of esters is 2. The van der Waals surface area contributed by atoms with Gasteiger partial charge < -0.3 is 19.7 Å². The van der Waals surface area contributed by atoms with Crippen LogP contribution in [0.5, 0.6) is 11.5 Å². The largest absolute Gasteiger partial charge is 0.507 e. The topological polar surface area (TPSA) is 93.1 Å². The van der Waals surface area contributed by atoms with Crippen molar-refractivity contribution in [2.24, 2.45) is 0 Å². The lowest BCUT2D eigenvalue weighted by Crippen LogP contribution is -2.08. The fourth-order valence-electron chi connectivity index (χ4n) is 3.60. The van der Waals surface area contributed by atoms with Crippen LogP contribution in [0.3, 0.4) is 0 Å². The SMILES string of the molecule is O=C(OCc1ccccc1)c1cccc(Cc2cccc(C(=O)OCc3ccccc3)c2O)c1O. The number of benzene rings is 4. The summed E-state index contributed by atoms with van der Waals surface area (Å²) in [5.74, 6) is -1.78. The highest BCUT2D eigenvalue weighted by Crippen LogP contribution is 2.31. The Kier molecular flexibility index (Phi) is 7.43. The minimum atomic E-state index is -0.657. The van der Waals surface area contributed by atoms with Crippen molar-refractivity contribution < 1.29 is 29.3 Å². The van der Waals surface area contributed by atoms with Crippen LogP contribution >= 0.6 is 0 Å². The molecule has 0 saturated carbocycles. The minimum absolute atomic E-state index is 0.0244. The summed E-state index contributed by atoms with van der Waals surface area (Å²) in [5, 5.41) is 21.4. The minimum Gasteiger partial charge on any atom is -0.507 e. The van der Waals surface area contributed by atoms with Gasteiger partial charge in [0, 0.05) is 6.42 Å². The zero-order chi connectivity index (χ0) is 24.6. The summed E-state index contributed by atoms with van der Waals surface area (Å²) in [4.78, 5) is 25.1. The van der Waals surface area contributed by atoms with Gasteiger partial charge in [0.25, 0.3) is 0 Å². The van der Waals surface area contributed by atoms with E-state index >= 15 is 0 Å². The maximum absolute atomic E-state index is 12.5. The quantitative estimate of drug-likeness (QED) is 0.336. The monoisotopic (exact) mass is 468 g/mol. The zero-order valence-electron chi connectivity index (χ0n) is 18.9. The molecule has 6 nitrogen and oxygen atoms in total. The lowest BCUT2D eigenvalue weighted by Gasteiger charge is -2.13. The molecular formula is C29H24O6. The summed E-state index contributed by atoms with van der Waals surface area (Å²) in [6, 6.07) is 28.0. The van der Waals surface area contributed by atoms with Crippen molar-refractivity contribution in [1.29, 1.82) is 0 Å². The Hall–Kier alpha value is -4.58. The molecule has 0 fully saturated rings. The van der Waals surface area contributed by atoms with Gasteiger partial charge in [0.1, 0.15) is 35.8 Å². The highest BCUT2D eigenvalue weighted by atomic mass is 16.5. The Balaban J connectivity index is 1.47. The fraction of sp³-hybridized carbons (Fsp3) is 0.103. The number of hydrogen-bond donors (Lipinski definition) is 2. The number of para-hydroxylation sites is 2. The van der Waals surface area contributed by atoms with Crippen LogP contribution in [-0.4, -0.2) is 22.2 Å². The number of hydrogen-bond acceptors (Lipinski definition) is 6. The zero-order valence-corrected chi connectivity index (χ0v) is 18.9. The van der Waals surface area contributed by atoms with Crippen LogP contribution in [0.15, 0.2) is 97.1 Å². The molecule has 6 heteroatoms. The van der Waals surface area contributed by atoms with Gasteiger partial charge in [-0.1, -0.05) is 84.9 Å². The van der Waals surface area contributed by atoms with Crippen LogP contribution in [0.1, 0.15) is 43.0 Å². The lowest BCUT2D eigenvalue weighted by atomic mass is 9.98. The van der Waals surface area contributed by atoms with Crippen LogP contribution in [0.4, 0.5) is 0 Å². The summed E-state index contributed by atoms with van der Waals surface area (Å²) in [7, 11) is 0. The van der Waals surface area contributed by atoms with E-state index in [0.717, 1.165) is 11.1 Å². The second-order valence-electron chi connectivity index (χ2n) is 7.93. The van der Waals surface area contributed by atoms with E-state index in [0.29, 0.717) is 11.1 Å². The van der Waals surface area contributed by atoms with Crippen molar-refractivity contribution in [3.63, 3.8) is 0 Å². The molecule has 0 atom stereocenters. The number of carbonyl (C=O) groups is 2. The first kappa shape index (κ1) is 23.6. The van der Waals surface area contributed by atoms with E-state index in [4.69, 9.17) is 9.47 Å². The van der Waals surface area contributed by atoms with Gasteiger partial charge in [-0.2, -0.15) is 0 Å². The van der Waals surface area contributed by atoms with Crippen molar-refractivity contribution in [2.75, 3.05) is 0 Å². The maximum atomic E-state index is 12.5. The number of aromatic hydroxyl groups is 2. The molecule has 0 aromatic heterocycles. The third-order valence-electron chi connectivity index (χ3n) is 5.49. The average Bonchev–Trinajstić information content (AvgIpc) is 2.89. The molecule has 0 heterocycles. The number of ether oxygens (including phenoxy) is 2. The molecule has 4 rings (SSSR count). The standard InChI is InChI=1S/C29H24O6/c30-26-22(13-7-15-24(26)28(32)34-18-20-9-3-1-4-10-20)17-23-14-8-16-25(27(23)31)29(33)35-19-21-11-5-2-6-12-21/h1-16,30-31H,17-19H2. The van der Waals surface area contributed by atoms with Gasteiger partial charge in [-0.15, -0.1) is 0 Å². The smallest absolute Gasteiger partial charge is 0.342 e. The van der Waals surface area contributed by atoms with E-state index in [-0.39, 0.29) is 42.3 Å². The van der Waals surface area contributed by atoms with E-state index in [1.165, 1.54) is 12.1 Å². The first-order chi connectivity index (χ1) is 17.0. The van der Waals surface area contributed by atoms with Crippen LogP contribution in [0.25, 0.3) is 0 Å². The lowest BCUT2D eigenvalue weighted by molar-refractivity contribution is 0.0460. The first-order valence-electron chi connectivity index (χ1n) is 11.1. The molecule has 0 aliphatic heterocycles. The van der Waals surface area contributed by atoms with Crippen molar-refractivity contribution in [3.8, 4) is 11.5 Å². The molecule has 0 bridgehead atoms. The highest BCUT2D eigenvalue weighted by Gasteiger charge is 2.19. The third-order valence-corrected chi connectivity index (χ3v) is 5.49. The van der Waals surface area contributed by atoms with Crippen molar-refractivity contribution in [2.45, 2.75) is 19.6 Å². The van der Waals surface area contributed by atoms with Crippen LogP contribution < -0.4 is 0 Å². The van der Waals surface area contributed by atoms with E-state index in [2.05, 4.69) is 0 Å². The van der Waals surface area contributed by atoms with E-state index in [9.17, 15) is 19.8 Å². The van der Waals surface area contributed by atoms with Gasteiger partial charge in [0.2, 0.25) is 0 Å². The predicted octanol–water partition coefficient (Wildman–Crippen LogP) is 5.40. The third kappa shape index (κ3) is 5.86. The van der Waals surface area contributed by atoms with Crippen molar-refractivity contribution in [1.82, 2.24) is 0 Å². The Bertz CT molecular complexity index is 1210. The summed E-state index contributed by atoms with van der Waals surface area (Å²) >= 11 is 0. The maximum Gasteiger partial charge on any atom is 0.342 e. The molecule has 0 spiro atoms. The summed E-state index contributed by atoms with van der Waals surface area (Å²) in [5.41, 5.74) is 2.52. The molecule has 0 saturated heterocycles. The van der Waals surface area contributed by atoms with Gasteiger partial charge in [0.05, 0.1) is 0 Å². The average molecular weight is 469 g/mol. The van der Waals surface area contributed by atoms with Crippen LogP contribution in [0, 0.1) is 0 Å². The number of phenolic OH excluding ortho intramolecular Hbond substituents is 2. The Morgan fingerprint density at radius 1 is 0.543 bits per heavy atom. The Morgan fingerprint density at radius 2 is 0.943 bits per heavy atom. The highest BCUT2D eigenvalue weighted by molar-refractivity contribution is 5.94. The number of rotatable bonds is 8. The molecule has 4 aromatic carbocycles. The molecule has 2 N–H and O–H groups in total. The molecule has 35 heavy (non-hydrogen) atoms. The molecule has 0 aliphatic rings. The second kappa shape index (κ2) is 11.0. The normalized spacial score (nSPS) is 10.5. The van der Waals surface area contributed by atoms with E-state index < -0.39 is 11.9 Å². The first-order valence-corrected chi connectivity index (χ1v) is 11.1. The molecule has 0 unspecified atom stereocenters. The van der Waals surface area contributed by atoms with Gasteiger partial charge in [-0.3, -0.25) is 0 Å². The molecule has 4 aromatic rings. The Labute approximate surface area is 203 Å². The molecule has 0 amide bonds. The fourth-order valence-corrected chi connectivity index (χ4v) is 3.60. The number of carbonyl (C=O) groups excluding carboxylic acids is 2. The molecule has 0 radical (unpaired) electrons. The van der Waals surface area contributed by atoms with Crippen molar-refractivity contribution in [3.05, 3.63) is 130 Å². The van der Waals surface area contributed by atoms with Crippen LogP contribution in [-0.2, 0) is 29.1 Å². The molecule has 176 valence electrons. The second-order valence-corrected chi connectivity index (χ2v) is 7.93. The van der Waals surface area contributed by atoms with E-state index in [1.807, 2.05) is 60.7 Å². The number of phenols is 2. The summed E-state index contributed by atoms with van der Waals surface area (Å²) in [6.07, 6.45) is 0.0945. The van der Waals surface area contributed by atoms with Gasteiger partial charge in [-0.05, 0) is 34.4 Å². The van der Waals surface area contributed by atoms with Gasteiger partial charge in [-0.25, -0.2) is 9.59 Å². The Morgan fingerprint density at radius 3 is 1.34 bits per heavy atom. The molecule has 0 aliphatic carbocycles. The van der Waals surface area contributed by atoms with Gasteiger partial charge >= 0.3 is 11.9 Å². The summed E-state index contributed by atoms with van der Waals surface area (Å²) < 4.78 is 10.7. The molecular weight excluding hydrogens is 444 g/mol. The predicted molar refractivity (Wildman–Crippen MR) is 130 cm³/mol. The van der Waals surface area contributed by atoms with Crippen molar-refractivity contribution >= 4 is 11.9 Å². The van der Waals surface area contributed by atoms with Crippen LogP contribution in [0.2, 0.25) is 0 Å². The van der Waals surface area contributed by atoms with Gasteiger partial charge in [0.15, 0.2) is 0 Å². The summed E-state index contributed by atoms with van der Waals surface area (Å²) in [6.45, 7) is 0.161.